The third kappa shape index (κ3) is 5.67. The van der Waals surface area contributed by atoms with Crippen molar-refractivity contribution in [1.29, 1.82) is 0 Å². The number of benzene rings is 1. The molecule has 1 saturated heterocycles. The van der Waals surface area contributed by atoms with Crippen LogP contribution in [0.25, 0.3) is 0 Å². The van der Waals surface area contributed by atoms with E-state index in [0.29, 0.717) is 6.04 Å². The first-order valence-electron chi connectivity index (χ1n) is 10.3. The molecular formula is C22H33N7. The van der Waals surface area contributed by atoms with Crippen LogP contribution in [0.1, 0.15) is 25.0 Å². The van der Waals surface area contributed by atoms with E-state index in [9.17, 15) is 0 Å². The van der Waals surface area contributed by atoms with Gasteiger partial charge in [-0.1, -0.05) is 24.3 Å². The second-order valence-corrected chi connectivity index (χ2v) is 7.70. The van der Waals surface area contributed by atoms with Crippen molar-refractivity contribution in [2.24, 2.45) is 4.99 Å². The molecule has 2 heterocycles. The van der Waals surface area contributed by atoms with Crippen molar-refractivity contribution in [3.05, 3.63) is 53.9 Å². The molecule has 0 unspecified atom stereocenters. The van der Waals surface area contributed by atoms with E-state index in [-0.39, 0.29) is 0 Å². The van der Waals surface area contributed by atoms with Crippen molar-refractivity contribution in [3.63, 3.8) is 0 Å². The Morgan fingerprint density at radius 2 is 1.72 bits per heavy atom. The van der Waals surface area contributed by atoms with Gasteiger partial charge in [-0.25, -0.2) is 9.97 Å². The topological polar surface area (TPSA) is 59.9 Å². The maximum atomic E-state index is 4.51. The first kappa shape index (κ1) is 21.0. The van der Waals surface area contributed by atoms with E-state index in [1.165, 1.54) is 11.1 Å². The minimum absolute atomic E-state index is 0.522. The van der Waals surface area contributed by atoms with Gasteiger partial charge in [0.1, 0.15) is 0 Å². The van der Waals surface area contributed by atoms with E-state index >= 15 is 0 Å². The molecule has 1 aromatic carbocycles. The summed E-state index contributed by atoms with van der Waals surface area (Å²) in [5, 5.41) is 3.56. The SMILES string of the molecule is CN=C(NCc1ccccc1CN(C)C(C)C)N1CCN(c2ncccn2)CC1. The summed E-state index contributed by atoms with van der Waals surface area (Å²) in [7, 11) is 4.02. The first-order valence-corrected chi connectivity index (χ1v) is 10.3. The second kappa shape index (κ2) is 10.2. The minimum atomic E-state index is 0.522. The summed E-state index contributed by atoms with van der Waals surface area (Å²) in [5.41, 5.74) is 2.68. The molecular weight excluding hydrogens is 362 g/mol. The molecule has 0 atom stereocenters. The lowest BCUT2D eigenvalue weighted by Crippen LogP contribution is -2.52. The first-order chi connectivity index (χ1) is 14.1. The van der Waals surface area contributed by atoms with Crippen LogP contribution in [-0.4, -0.2) is 72.0 Å². The number of nitrogens with zero attached hydrogens (tertiary/aromatic N) is 6. The number of rotatable bonds is 6. The molecule has 156 valence electrons. The number of aromatic nitrogens is 2. The van der Waals surface area contributed by atoms with E-state index in [0.717, 1.165) is 51.2 Å². The van der Waals surface area contributed by atoms with Gasteiger partial charge in [0.25, 0.3) is 0 Å². The maximum absolute atomic E-state index is 4.51. The van der Waals surface area contributed by atoms with Crippen molar-refractivity contribution in [2.75, 3.05) is 45.2 Å². The molecule has 3 rings (SSSR count). The fourth-order valence-electron chi connectivity index (χ4n) is 3.41. The Labute approximate surface area is 174 Å². The fourth-order valence-corrected chi connectivity index (χ4v) is 3.41. The highest BCUT2D eigenvalue weighted by atomic mass is 15.4. The summed E-state index contributed by atoms with van der Waals surface area (Å²) < 4.78 is 0. The third-order valence-electron chi connectivity index (χ3n) is 5.48. The summed E-state index contributed by atoms with van der Waals surface area (Å²) >= 11 is 0. The number of hydrogen-bond acceptors (Lipinski definition) is 5. The molecule has 0 bridgehead atoms. The van der Waals surface area contributed by atoms with Gasteiger partial charge in [0.2, 0.25) is 5.95 Å². The largest absolute Gasteiger partial charge is 0.352 e. The van der Waals surface area contributed by atoms with Gasteiger partial charge < -0.3 is 15.1 Å². The number of nitrogens with one attached hydrogen (secondary N) is 1. The molecule has 1 aromatic heterocycles. The van der Waals surface area contributed by atoms with Crippen LogP contribution in [0.5, 0.6) is 0 Å². The lowest BCUT2D eigenvalue weighted by atomic mass is 10.1. The van der Waals surface area contributed by atoms with Crippen LogP contribution in [-0.2, 0) is 13.1 Å². The Morgan fingerprint density at radius 1 is 1.07 bits per heavy atom. The number of aliphatic imine (C=N–C) groups is 1. The Morgan fingerprint density at radius 3 is 2.34 bits per heavy atom. The molecule has 0 saturated carbocycles. The third-order valence-corrected chi connectivity index (χ3v) is 5.48. The summed E-state index contributed by atoms with van der Waals surface area (Å²) in [6.07, 6.45) is 3.59. The van der Waals surface area contributed by atoms with Gasteiger partial charge in [0.05, 0.1) is 0 Å². The van der Waals surface area contributed by atoms with E-state index in [1.54, 1.807) is 12.4 Å². The van der Waals surface area contributed by atoms with Gasteiger partial charge in [0.15, 0.2) is 5.96 Å². The molecule has 1 aliphatic heterocycles. The molecule has 7 heteroatoms. The normalized spacial score (nSPS) is 15.3. The maximum Gasteiger partial charge on any atom is 0.225 e. The molecule has 2 aromatic rings. The van der Waals surface area contributed by atoms with Crippen molar-refractivity contribution >= 4 is 11.9 Å². The minimum Gasteiger partial charge on any atom is -0.352 e. The van der Waals surface area contributed by atoms with Crippen LogP contribution in [0.15, 0.2) is 47.7 Å². The van der Waals surface area contributed by atoms with Crippen LogP contribution in [0.2, 0.25) is 0 Å². The van der Waals surface area contributed by atoms with Crippen LogP contribution in [0.3, 0.4) is 0 Å². The van der Waals surface area contributed by atoms with Crippen LogP contribution >= 0.6 is 0 Å². The smallest absolute Gasteiger partial charge is 0.225 e. The van der Waals surface area contributed by atoms with Gasteiger partial charge in [-0.05, 0) is 38.1 Å². The predicted octanol–water partition coefficient (Wildman–Crippen LogP) is 2.21. The van der Waals surface area contributed by atoms with Crippen LogP contribution in [0.4, 0.5) is 5.95 Å². The zero-order chi connectivity index (χ0) is 20.6. The van der Waals surface area contributed by atoms with Crippen LogP contribution in [0, 0.1) is 0 Å². The Bertz CT molecular complexity index is 783. The fraction of sp³-hybridized carbons (Fsp3) is 0.500. The van der Waals surface area contributed by atoms with Gasteiger partial charge in [-0.2, -0.15) is 0 Å². The van der Waals surface area contributed by atoms with Crippen molar-refractivity contribution < 1.29 is 0 Å². The quantitative estimate of drug-likeness (QED) is 0.598. The summed E-state index contributed by atoms with van der Waals surface area (Å²) in [5.74, 6) is 1.75. The molecule has 7 nitrogen and oxygen atoms in total. The summed E-state index contributed by atoms with van der Waals surface area (Å²) in [6, 6.07) is 11.0. The number of anilines is 1. The second-order valence-electron chi connectivity index (χ2n) is 7.70. The Kier molecular flexibility index (Phi) is 7.41. The van der Waals surface area contributed by atoms with Crippen molar-refractivity contribution in [3.8, 4) is 0 Å². The molecule has 0 radical (unpaired) electrons. The van der Waals surface area contributed by atoms with Gasteiger partial charge in [0, 0.05) is 64.8 Å². The molecule has 0 amide bonds. The highest BCUT2D eigenvalue weighted by Gasteiger charge is 2.21. The van der Waals surface area contributed by atoms with Crippen molar-refractivity contribution in [1.82, 2.24) is 25.1 Å². The van der Waals surface area contributed by atoms with Gasteiger partial charge >= 0.3 is 0 Å². The summed E-state index contributed by atoms with van der Waals surface area (Å²) in [6.45, 7) is 9.75. The molecule has 1 N–H and O–H groups in total. The Hall–Kier alpha value is -2.67. The zero-order valence-electron chi connectivity index (χ0n) is 18.0. The number of hydrogen-bond donors (Lipinski definition) is 1. The standard InChI is InChI=1S/C22H33N7/c1-18(2)27(4)17-20-9-6-5-8-19(20)16-26-21(23-3)28-12-14-29(15-13-28)22-24-10-7-11-25-22/h5-11,18H,12-17H2,1-4H3,(H,23,26). The Balaban J connectivity index is 1.57. The van der Waals surface area contributed by atoms with E-state index in [2.05, 4.69) is 80.1 Å². The lowest BCUT2D eigenvalue weighted by molar-refractivity contribution is 0.265. The number of piperazine rings is 1. The predicted molar refractivity (Wildman–Crippen MR) is 119 cm³/mol. The average molecular weight is 396 g/mol. The molecule has 29 heavy (non-hydrogen) atoms. The van der Waals surface area contributed by atoms with Gasteiger partial charge in [-0.15, -0.1) is 0 Å². The molecule has 0 aliphatic carbocycles. The van der Waals surface area contributed by atoms with E-state index in [1.807, 2.05) is 13.1 Å². The monoisotopic (exact) mass is 395 g/mol. The highest BCUT2D eigenvalue weighted by Crippen LogP contribution is 2.13. The van der Waals surface area contributed by atoms with Crippen LogP contribution < -0.4 is 10.2 Å². The van der Waals surface area contributed by atoms with Crippen molar-refractivity contribution in [2.45, 2.75) is 33.0 Å². The number of guanidine groups is 1. The van der Waals surface area contributed by atoms with E-state index < -0.39 is 0 Å². The zero-order valence-corrected chi connectivity index (χ0v) is 18.0. The molecule has 1 fully saturated rings. The lowest BCUT2D eigenvalue weighted by Gasteiger charge is -2.36. The molecule has 0 spiro atoms. The summed E-state index contributed by atoms with van der Waals surface area (Å²) in [4.78, 5) is 20.1. The average Bonchev–Trinajstić information content (AvgIpc) is 2.76. The highest BCUT2D eigenvalue weighted by molar-refractivity contribution is 5.80. The van der Waals surface area contributed by atoms with Gasteiger partial charge in [-0.3, -0.25) is 9.89 Å². The van der Waals surface area contributed by atoms with E-state index in [4.69, 9.17) is 0 Å². The molecule has 1 aliphatic rings.